The third-order valence-corrected chi connectivity index (χ3v) is 5.25. The van der Waals surface area contributed by atoms with E-state index >= 15 is 0 Å². The van der Waals surface area contributed by atoms with Crippen molar-refractivity contribution in [2.24, 2.45) is 0 Å². The molecule has 0 aromatic heterocycles. The highest BCUT2D eigenvalue weighted by Gasteiger charge is 2.35. The Bertz CT molecular complexity index is 1340. The number of nitrogens with zero attached hydrogens (tertiary/aromatic N) is 2. The van der Waals surface area contributed by atoms with Crippen LogP contribution in [0, 0.1) is 10.1 Å². The van der Waals surface area contributed by atoms with Crippen LogP contribution in [0.3, 0.4) is 0 Å². The topological polar surface area (TPSA) is 120 Å². The van der Waals surface area contributed by atoms with E-state index in [1.165, 1.54) is 18.2 Å². The molecule has 0 aliphatic carbocycles. The molecule has 34 heavy (non-hydrogen) atoms. The quantitative estimate of drug-likeness (QED) is 0.260. The van der Waals surface area contributed by atoms with Gasteiger partial charge in [-0.1, -0.05) is 36.4 Å². The molecule has 2 heterocycles. The second kappa shape index (κ2) is 8.58. The van der Waals surface area contributed by atoms with Crippen LogP contribution in [-0.2, 0) is 16.2 Å². The van der Waals surface area contributed by atoms with Gasteiger partial charge >= 0.3 is 5.69 Å². The molecule has 1 fully saturated rings. The number of hydrazine groups is 1. The number of carbonyl (C=O) groups is 2. The first-order chi connectivity index (χ1) is 16.5. The maximum atomic E-state index is 12.9. The third kappa shape index (κ3) is 3.88. The zero-order chi connectivity index (χ0) is 23.7. The fourth-order valence-electron chi connectivity index (χ4n) is 3.61. The van der Waals surface area contributed by atoms with Gasteiger partial charge in [-0.25, -0.2) is 5.01 Å². The predicted molar refractivity (Wildman–Crippen MR) is 120 cm³/mol. The number of fused-ring (bicyclic) bond motifs is 1. The lowest BCUT2D eigenvalue weighted by Crippen LogP contribution is -2.35. The summed E-state index contributed by atoms with van der Waals surface area (Å²) in [6.07, 6.45) is 1.29. The zero-order valence-electron chi connectivity index (χ0n) is 17.6. The van der Waals surface area contributed by atoms with Crippen LogP contribution in [-0.4, -0.2) is 23.5 Å². The molecular weight excluding hydrogens is 442 g/mol. The fourth-order valence-corrected chi connectivity index (χ4v) is 3.61. The number of amides is 2. The van der Waals surface area contributed by atoms with Gasteiger partial charge in [0.2, 0.25) is 12.5 Å². The molecule has 1 saturated heterocycles. The standard InChI is InChI=1S/C24H17N3O7/c28-23-18(24(29)26(25-23)17-6-2-1-3-7-17)12-16-5-4-8-19(27(30)31)22(16)32-13-15-9-10-20-21(11-15)34-14-33-20/h1-12H,13-14H2,(H,25,28). The lowest BCUT2D eigenvalue weighted by Gasteiger charge is -2.14. The number of nitro benzene ring substituents is 1. The molecule has 0 bridgehead atoms. The summed E-state index contributed by atoms with van der Waals surface area (Å²) < 4.78 is 16.5. The monoisotopic (exact) mass is 459 g/mol. The van der Waals surface area contributed by atoms with E-state index in [-0.39, 0.29) is 36.0 Å². The first-order valence-electron chi connectivity index (χ1n) is 10.2. The highest BCUT2D eigenvalue weighted by atomic mass is 16.7. The van der Waals surface area contributed by atoms with Gasteiger partial charge in [-0.05, 0) is 35.9 Å². The van der Waals surface area contributed by atoms with Crippen LogP contribution in [0.1, 0.15) is 11.1 Å². The molecule has 3 aromatic rings. The molecule has 2 aliphatic rings. The average molecular weight is 459 g/mol. The molecule has 170 valence electrons. The van der Waals surface area contributed by atoms with Crippen LogP contribution in [0.2, 0.25) is 0 Å². The van der Waals surface area contributed by atoms with Gasteiger partial charge in [0, 0.05) is 11.6 Å². The molecule has 0 saturated carbocycles. The minimum absolute atomic E-state index is 0.00600. The molecule has 2 aliphatic heterocycles. The van der Waals surface area contributed by atoms with Crippen molar-refractivity contribution in [2.45, 2.75) is 6.61 Å². The van der Waals surface area contributed by atoms with Crippen molar-refractivity contribution in [3.63, 3.8) is 0 Å². The Balaban J connectivity index is 1.46. The summed E-state index contributed by atoms with van der Waals surface area (Å²) in [4.78, 5) is 36.5. The Labute approximate surface area is 193 Å². The molecule has 0 atom stereocenters. The number of carbonyl (C=O) groups excluding carboxylic acids is 2. The molecule has 1 N–H and O–H groups in total. The summed E-state index contributed by atoms with van der Waals surface area (Å²) in [5.41, 5.74) is 3.46. The van der Waals surface area contributed by atoms with Gasteiger partial charge in [0.05, 0.1) is 10.6 Å². The van der Waals surface area contributed by atoms with Crippen molar-refractivity contribution in [3.05, 3.63) is 93.5 Å². The first-order valence-corrected chi connectivity index (χ1v) is 10.2. The van der Waals surface area contributed by atoms with Crippen molar-refractivity contribution in [2.75, 3.05) is 11.8 Å². The van der Waals surface area contributed by atoms with E-state index in [0.717, 1.165) is 5.01 Å². The number of nitro groups is 1. The zero-order valence-corrected chi connectivity index (χ0v) is 17.6. The maximum absolute atomic E-state index is 12.9. The van der Waals surface area contributed by atoms with Crippen molar-refractivity contribution in [1.82, 2.24) is 5.43 Å². The van der Waals surface area contributed by atoms with E-state index < -0.39 is 16.7 Å². The number of benzene rings is 3. The number of rotatable bonds is 6. The maximum Gasteiger partial charge on any atom is 0.311 e. The highest BCUT2D eigenvalue weighted by Crippen LogP contribution is 2.36. The summed E-state index contributed by atoms with van der Waals surface area (Å²) in [5.74, 6) is -0.100. The number of hydrogen-bond acceptors (Lipinski definition) is 7. The molecule has 0 radical (unpaired) electrons. The molecule has 2 amide bonds. The van der Waals surface area contributed by atoms with E-state index in [9.17, 15) is 19.7 Å². The Hall–Kier alpha value is -4.86. The SMILES string of the molecule is O=C1NN(c2ccccc2)C(=O)C1=Cc1cccc([N+](=O)[O-])c1OCc1ccc2c(c1)OCO2. The van der Waals surface area contributed by atoms with Gasteiger partial charge < -0.3 is 14.2 Å². The first kappa shape index (κ1) is 21.0. The molecular formula is C24H17N3O7. The summed E-state index contributed by atoms with van der Waals surface area (Å²) in [5, 5.41) is 12.8. The van der Waals surface area contributed by atoms with Gasteiger partial charge in [0.15, 0.2) is 11.5 Å². The van der Waals surface area contributed by atoms with E-state index in [4.69, 9.17) is 14.2 Å². The van der Waals surface area contributed by atoms with Gasteiger partial charge in [-0.3, -0.25) is 25.1 Å². The predicted octanol–water partition coefficient (Wildman–Crippen LogP) is 3.36. The number of ether oxygens (including phenoxy) is 3. The van der Waals surface area contributed by atoms with E-state index in [0.29, 0.717) is 22.7 Å². The third-order valence-electron chi connectivity index (χ3n) is 5.25. The summed E-state index contributed by atoms with van der Waals surface area (Å²) >= 11 is 0. The Morgan fingerprint density at radius 1 is 1.03 bits per heavy atom. The van der Waals surface area contributed by atoms with E-state index in [1.54, 1.807) is 54.6 Å². The smallest absolute Gasteiger partial charge is 0.311 e. The second-order valence-corrected chi connectivity index (χ2v) is 7.40. The highest BCUT2D eigenvalue weighted by molar-refractivity contribution is 6.31. The van der Waals surface area contributed by atoms with Crippen LogP contribution in [0.5, 0.6) is 17.2 Å². The Morgan fingerprint density at radius 3 is 2.62 bits per heavy atom. The number of hydrogen-bond donors (Lipinski definition) is 1. The number of nitrogens with one attached hydrogen (secondary N) is 1. The Morgan fingerprint density at radius 2 is 1.82 bits per heavy atom. The minimum atomic E-state index is -0.623. The lowest BCUT2D eigenvalue weighted by atomic mass is 10.1. The van der Waals surface area contributed by atoms with E-state index in [1.807, 2.05) is 0 Å². The van der Waals surface area contributed by atoms with Crippen LogP contribution in [0.4, 0.5) is 11.4 Å². The molecule has 10 heteroatoms. The van der Waals surface area contributed by atoms with Gasteiger partial charge in [-0.2, -0.15) is 0 Å². The van der Waals surface area contributed by atoms with Crippen LogP contribution in [0.15, 0.2) is 72.3 Å². The van der Waals surface area contributed by atoms with Crippen LogP contribution < -0.4 is 24.6 Å². The lowest BCUT2D eigenvalue weighted by molar-refractivity contribution is -0.386. The van der Waals surface area contributed by atoms with Crippen molar-refractivity contribution < 1.29 is 28.7 Å². The summed E-state index contributed by atoms with van der Waals surface area (Å²) in [6.45, 7) is 0.117. The molecule has 0 spiro atoms. The fraction of sp³-hybridized carbons (Fsp3) is 0.0833. The summed E-state index contributed by atoms with van der Waals surface area (Å²) in [7, 11) is 0. The average Bonchev–Trinajstić information content (AvgIpc) is 3.43. The molecule has 10 nitrogen and oxygen atoms in total. The van der Waals surface area contributed by atoms with Crippen molar-refractivity contribution in [3.8, 4) is 17.2 Å². The van der Waals surface area contributed by atoms with Crippen LogP contribution in [0.25, 0.3) is 6.08 Å². The number of anilines is 1. The summed E-state index contributed by atoms with van der Waals surface area (Å²) in [6, 6.07) is 18.1. The van der Waals surface area contributed by atoms with Crippen LogP contribution >= 0.6 is 0 Å². The van der Waals surface area contributed by atoms with Crippen molar-refractivity contribution in [1.29, 1.82) is 0 Å². The molecule has 3 aromatic carbocycles. The van der Waals surface area contributed by atoms with Gasteiger partial charge in [0.1, 0.15) is 12.2 Å². The number of para-hydroxylation sites is 2. The second-order valence-electron chi connectivity index (χ2n) is 7.40. The molecule has 0 unspecified atom stereocenters. The largest absolute Gasteiger partial charge is 0.482 e. The van der Waals surface area contributed by atoms with Crippen molar-refractivity contribution >= 4 is 29.3 Å². The normalized spacial score (nSPS) is 15.5. The minimum Gasteiger partial charge on any atom is -0.482 e. The van der Waals surface area contributed by atoms with Gasteiger partial charge in [0.25, 0.3) is 11.8 Å². The molecule has 5 rings (SSSR count). The Kier molecular flexibility index (Phi) is 5.30. The van der Waals surface area contributed by atoms with E-state index in [2.05, 4.69) is 5.43 Å². The van der Waals surface area contributed by atoms with Gasteiger partial charge in [-0.15, -0.1) is 0 Å².